The molecular weight excluding hydrogens is 332 g/mol. The summed E-state index contributed by atoms with van der Waals surface area (Å²) < 4.78 is 1.56. The van der Waals surface area contributed by atoms with E-state index in [0.29, 0.717) is 16.7 Å². The highest BCUT2D eigenvalue weighted by atomic mass is 16.2. The quantitative estimate of drug-likeness (QED) is 0.592. The Hall–Kier alpha value is -3.68. The number of nitrogens with zero attached hydrogens (tertiary/aromatic N) is 4. The normalized spacial score (nSPS) is 11.0. The van der Waals surface area contributed by atoms with Gasteiger partial charge < -0.3 is 9.88 Å². The molecule has 0 bridgehead atoms. The summed E-state index contributed by atoms with van der Waals surface area (Å²) in [7, 11) is 1.63. The second kappa shape index (κ2) is 6.32. The Bertz CT molecular complexity index is 1160. The molecule has 26 heavy (non-hydrogen) atoms. The standard InChI is InChI=1S/C18H16N6O2/c1-23(10-16-20-13-7-3-2-6-12(13)17(25)21-16)18(26)22-24-11-19-14-8-4-5-9-15(14)24/h2-9,11H,10H2,1H3,(H,22,26)(H,20,21,25). The van der Waals surface area contributed by atoms with E-state index in [1.807, 2.05) is 30.3 Å². The lowest BCUT2D eigenvalue weighted by Gasteiger charge is -2.18. The summed E-state index contributed by atoms with van der Waals surface area (Å²) in [6, 6.07) is 14.2. The van der Waals surface area contributed by atoms with Crippen LogP contribution >= 0.6 is 0 Å². The van der Waals surface area contributed by atoms with Crippen LogP contribution in [0, 0.1) is 0 Å². The smallest absolute Gasteiger partial charge is 0.319 e. The fourth-order valence-electron chi connectivity index (χ4n) is 2.74. The molecule has 4 aromatic rings. The van der Waals surface area contributed by atoms with Gasteiger partial charge >= 0.3 is 6.03 Å². The molecule has 0 saturated carbocycles. The zero-order chi connectivity index (χ0) is 18.1. The van der Waals surface area contributed by atoms with E-state index in [1.54, 1.807) is 36.3 Å². The largest absolute Gasteiger partial charge is 0.336 e. The molecule has 0 atom stereocenters. The lowest BCUT2D eigenvalue weighted by Crippen LogP contribution is -2.36. The van der Waals surface area contributed by atoms with Crippen molar-refractivity contribution >= 4 is 28.0 Å². The summed E-state index contributed by atoms with van der Waals surface area (Å²) >= 11 is 0. The van der Waals surface area contributed by atoms with Crippen LogP contribution in [0.1, 0.15) is 5.82 Å². The third-order valence-electron chi connectivity index (χ3n) is 4.07. The fraction of sp³-hybridized carbons (Fsp3) is 0.111. The Morgan fingerprint density at radius 1 is 1.15 bits per heavy atom. The van der Waals surface area contributed by atoms with Crippen molar-refractivity contribution in [3.05, 3.63) is 71.0 Å². The summed E-state index contributed by atoms with van der Waals surface area (Å²) in [4.78, 5) is 37.4. The number of para-hydroxylation sites is 3. The van der Waals surface area contributed by atoms with Crippen molar-refractivity contribution in [2.24, 2.45) is 0 Å². The number of fused-ring (bicyclic) bond motifs is 2. The first-order valence-corrected chi connectivity index (χ1v) is 8.04. The number of benzene rings is 2. The zero-order valence-corrected chi connectivity index (χ0v) is 14.0. The molecule has 0 aliphatic heterocycles. The molecule has 8 heteroatoms. The summed E-state index contributed by atoms with van der Waals surface area (Å²) in [5, 5.41) is 0.522. The summed E-state index contributed by atoms with van der Waals surface area (Å²) in [6.07, 6.45) is 1.55. The number of rotatable bonds is 3. The summed E-state index contributed by atoms with van der Waals surface area (Å²) in [5.41, 5.74) is 4.72. The van der Waals surface area contributed by atoms with Gasteiger partial charge in [0.2, 0.25) is 0 Å². The topological polar surface area (TPSA) is 95.9 Å². The number of H-pyrrole nitrogens is 1. The molecular formula is C18H16N6O2. The summed E-state index contributed by atoms with van der Waals surface area (Å²) in [6.45, 7) is 0.165. The Kier molecular flexibility index (Phi) is 3.85. The highest BCUT2D eigenvalue weighted by molar-refractivity contribution is 5.85. The Balaban J connectivity index is 1.53. The van der Waals surface area contributed by atoms with E-state index in [2.05, 4.69) is 20.4 Å². The van der Waals surface area contributed by atoms with Gasteiger partial charge in [0.05, 0.1) is 28.5 Å². The maximum absolute atomic E-state index is 12.5. The number of carbonyl (C=O) groups is 1. The van der Waals surface area contributed by atoms with Crippen LogP contribution in [0.5, 0.6) is 0 Å². The van der Waals surface area contributed by atoms with Crippen molar-refractivity contribution in [3.8, 4) is 0 Å². The molecule has 2 aromatic heterocycles. The molecule has 2 heterocycles. The van der Waals surface area contributed by atoms with E-state index in [1.165, 1.54) is 4.90 Å². The van der Waals surface area contributed by atoms with Gasteiger partial charge in [0.15, 0.2) is 0 Å². The van der Waals surface area contributed by atoms with Crippen LogP contribution < -0.4 is 11.0 Å². The average molecular weight is 348 g/mol. The molecule has 0 saturated heterocycles. The third-order valence-corrected chi connectivity index (χ3v) is 4.07. The lowest BCUT2D eigenvalue weighted by molar-refractivity contribution is 0.216. The van der Waals surface area contributed by atoms with Crippen LogP contribution in [0.2, 0.25) is 0 Å². The molecule has 0 aliphatic rings. The third kappa shape index (κ3) is 2.88. The van der Waals surface area contributed by atoms with Crippen molar-refractivity contribution in [1.29, 1.82) is 0 Å². The number of hydrogen-bond donors (Lipinski definition) is 2. The SMILES string of the molecule is CN(Cc1nc2ccccc2c(=O)[nH]1)C(=O)Nn1cnc2ccccc21. The molecule has 4 rings (SSSR count). The van der Waals surface area contributed by atoms with Crippen molar-refractivity contribution in [1.82, 2.24) is 24.5 Å². The van der Waals surface area contributed by atoms with E-state index in [9.17, 15) is 9.59 Å². The Morgan fingerprint density at radius 2 is 1.88 bits per heavy atom. The first-order valence-electron chi connectivity index (χ1n) is 8.04. The van der Waals surface area contributed by atoms with Gasteiger partial charge in [0, 0.05) is 7.05 Å². The van der Waals surface area contributed by atoms with Crippen LogP contribution in [0.3, 0.4) is 0 Å². The number of nitrogens with one attached hydrogen (secondary N) is 2. The van der Waals surface area contributed by atoms with Gasteiger partial charge in [-0.2, -0.15) is 0 Å². The summed E-state index contributed by atoms with van der Waals surface area (Å²) in [5.74, 6) is 0.418. The maximum atomic E-state index is 12.5. The first-order chi connectivity index (χ1) is 12.6. The number of imidazole rings is 1. The minimum atomic E-state index is -0.344. The molecule has 130 valence electrons. The van der Waals surface area contributed by atoms with Crippen molar-refractivity contribution < 1.29 is 4.79 Å². The van der Waals surface area contributed by atoms with Gasteiger partial charge in [-0.05, 0) is 24.3 Å². The van der Waals surface area contributed by atoms with Gasteiger partial charge in [-0.25, -0.2) is 24.9 Å². The number of aromatic nitrogens is 4. The zero-order valence-electron chi connectivity index (χ0n) is 14.0. The molecule has 0 radical (unpaired) electrons. The number of urea groups is 1. The number of carbonyl (C=O) groups excluding carboxylic acids is 1. The molecule has 0 spiro atoms. The number of amides is 2. The van der Waals surface area contributed by atoms with Crippen LogP contribution in [0.25, 0.3) is 21.9 Å². The maximum Gasteiger partial charge on any atom is 0.336 e. The molecule has 0 unspecified atom stereocenters. The van der Waals surface area contributed by atoms with E-state index in [0.717, 1.165) is 11.0 Å². The molecule has 8 nitrogen and oxygen atoms in total. The van der Waals surface area contributed by atoms with Crippen LogP contribution in [-0.2, 0) is 6.54 Å². The van der Waals surface area contributed by atoms with Crippen molar-refractivity contribution in [2.75, 3.05) is 12.5 Å². The first kappa shape index (κ1) is 15.8. The van der Waals surface area contributed by atoms with Crippen LogP contribution in [0.4, 0.5) is 4.79 Å². The number of aromatic amines is 1. The second-order valence-corrected chi connectivity index (χ2v) is 5.91. The highest BCUT2D eigenvalue weighted by Gasteiger charge is 2.13. The minimum absolute atomic E-state index is 0.165. The predicted octanol–water partition coefficient (Wildman–Crippen LogP) is 2.07. The van der Waals surface area contributed by atoms with Crippen molar-refractivity contribution in [3.63, 3.8) is 0 Å². The predicted molar refractivity (Wildman–Crippen MR) is 98.3 cm³/mol. The van der Waals surface area contributed by atoms with E-state index in [-0.39, 0.29) is 18.1 Å². The Morgan fingerprint density at radius 3 is 2.73 bits per heavy atom. The van der Waals surface area contributed by atoms with Crippen molar-refractivity contribution in [2.45, 2.75) is 6.54 Å². The monoisotopic (exact) mass is 348 g/mol. The van der Waals surface area contributed by atoms with E-state index in [4.69, 9.17) is 0 Å². The van der Waals surface area contributed by atoms with Gasteiger partial charge in [-0.3, -0.25) is 4.79 Å². The number of hydrogen-bond acceptors (Lipinski definition) is 4. The fourth-order valence-corrected chi connectivity index (χ4v) is 2.74. The molecule has 2 N–H and O–H groups in total. The van der Waals surface area contributed by atoms with Crippen LogP contribution in [-0.4, -0.2) is 37.6 Å². The Labute approximate surface area is 148 Å². The van der Waals surface area contributed by atoms with Crippen LogP contribution in [0.15, 0.2) is 59.7 Å². The molecule has 2 amide bonds. The average Bonchev–Trinajstić information content (AvgIpc) is 3.05. The van der Waals surface area contributed by atoms with Gasteiger partial charge in [0.25, 0.3) is 5.56 Å². The van der Waals surface area contributed by atoms with E-state index < -0.39 is 0 Å². The molecule has 2 aromatic carbocycles. The van der Waals surface area contributed by atoms with Gasteiger partial charge in [-0.1, -0.05) is 24.3 Å². The van der Waals surface area contributed by atoms with E-state index >= 15 is 0 Å². The van der Waals surface area contributed by atoms with Gasteiger partial charge in [0.1, 0.15) is 12.2 Å². The lowest BCUT2D eigenvalue weighted by atomic mass is 10.2. The molecule has 0 fully saturated rings. The minimum Gasteiger partial charge on any atom is -0.319 e. The van der Waals surface area contributed by atoms with Gasteiger partial charge in [-0.15, -0.1) is 0 Å². The molecule has 0 aliphatic carbocycles. The second-order valence-electron chi connectivity index (χ2n) is 5.91. The highest BCUT2D eigenvalue weighted by Crippen LogP contribution is 2.11.